The standard InChI is InChI=1S/C18H20N4O3/c1-12-7-8-17(13(2)9-12)19-11-18(23)21-20-14(3)15-5-4-6-16(10-15)22(24)25/h4-10,19H,11H2,1-3H3,(H,21,23)/b20-14-. The van der Waals surface area contributed by atoms with Gasteiger partial charge in [0.1, 0.15) is 0 Å². The first-order chi connectivity index (χ1) is 11.9. The van der Waals surface area contributed by atoms with Gasteiger partial charge in [-0.25, -0.2) is 5.43 Å². The van der Waals surface area contributed by atoms with E-state index >= 15 is 0 Å². The predicted octanol–water partition coefficient (Wildman–Crippen LogP) is 3.16. The maximum Gasteiger partial charge on any atom is 0.270 e. The fourth-order valence-electron chi connectivity index (χ4n) is 2.28. The van der Waals surface area contributed by atoms with Crippen LogP contribution in [-0.4, -0.2) is 23.1 Å². The first-order valence-corrected chi connectivity index (χ1v) is 7.76. The third kappa shape index (κ3) is 5.13. The highest BCUT2D eigenvalue weighted by molar-refractivity contribution is 5.99. The van der Waals surface area contributed by atoms with Crippen LogP contribution in [0.2, 0.25) is 0 Å². The van der Waals surface area contributed by atoms with Crippen LogP contribution in [-0.2, 0) is 4.79 Å². The van der Waals surface area contributed by atoms with Gasteiger partial charge in [-0.2, -0.15) is 5.10 Å². The molecule has 1 amide bonds. The fourth-order valence-corrected chi connectivity index (χ4v) is 2.28. The van der Waals surface area contributed by atoms with E-state index in [0.29, 0.717) is 11.3 Å². The summed E-state index contributed by atoms with van der Waals surface area (Å²) in [7, 11) is 0. The number of benzene rings is 2. The zero-order valence-electron chi connectivity index (χ0n) is 14.4. The van der Waals surface area contributed by atoms with Crippen molar-refractivity contribution in [2.45, 2.75) is 20.8 Å². The Bertz CT molecular complexity index is 831. The average molecular weight is 340 g/mol. The van der Waals surface area contributed by atoms with Gasteiger partial charge in [-0.1, -0.05) is 29.8 Å². The Kier molecular flexibility index (Phi) is 5.84. The van der Waals surface area contributed by atoms with Crippen molar-refractivity contribution in [3.63, 3.8) is 0 Å². The van der Waals surface area contributed by atoms with Gasteiger partial charge in [0.25, 0.3) is 11.6 Å². The number of nitrogens with one attached hydrogen (secondary N) is 2. The van der Waals surface area contributed by atoms with Gasteiger partial charge in [-0.05, 0) is 32.4 Å². The van der Waals surface area contributed by atoms with Gasteiger partial charge >= 0.3 is 0 Å². The molecule has 0 aliphatic carbocycles. The molecule has 2 aromatic rings. The number of aryl methyl sites for hydroxylation is 2. The third-order valence-corrected chi connectivity index (χ3v) is 3.64. The number of hydrazone groups is 1. The molecule has 0 aliphatic heterocycles. The molecule has 2 N–H and O–H groups in total. The van der Waals surface area contributed by atoms with Crippen molar-refractivity contribution >= 4 is 23.0 Å². The zero-order valence-corrected chi connectivity index (χ0v) is 14.4. The van der Waals surface area contributed by atoms with E-state index in [0.717, 1.165) is 16.8 Å². The number of carbonyl (C=O) groups is 1. The van der Waals surface area contributed by atoms with E-state index in [4.69, 9.17) is 0 Å². The number of non-ortho nitro benzene ring substituents is 1. The number of hydrogen-bond acceptors (Lipinski definition) is 5. The number of nitro benzene ring substituents is 1. The van der Waals surface area contributed by atoms with E-state index in [1.54, 1.807) is 19.1 Å². The highest BCUT2D eigenvalue weighted by Crippen LogP contribution is 2.15. The Labute approximate surface area is 145 Å². The summed E-state index contributed by atoms with van der Waals surface area (Å²) in [5.41, 5.74) is 6.60. The van der Waals surface area contributed by atoms with Crippen LogP contribution in [0.25, 0.3) is 0 Å². The minimum absolute atomic E-state index is 0.0186. The maximum atomic E-state index is 11.9. The Morgan fingerprint density at radius 2 is 1.96 bits per heavy atom. The topological polar surface area (TPSA) is 96.6 Å². The first-order valence-electron chi connectivity index (χ1n) is 7.76. The van der Waals surface area contributed by atoms with E-state index in [2.05, 4.69) is 15.8 Å². The van der Waals surface area contributed by atoms with Crippen molar-refractivity contribution in [2.24, 2.45) is 5.10 Å². The van der Waals surface area contributed by atoms with Crippen LogP contribution in [0.3, 0.4) is 0 Å². The van der Waals surface area contributed by atoms with Crippen LogP contribution >= 0.6 is 0 Å². The van der Waals surface area contributed by atoms with Crippen molar-refractivity contribution in [1.82, 2.24) is 5.43 Å². The second kappa shape index (κ2) is 8.05. The quantitative estimate of drug-likeness (QED) is 0.479. The predicted molar refractivity (Wildman–Crippen MR) is 97.9 cm³/mol. The molecule has 0 unspecified atom stereocenters. The molecule has 7 heteroatoms. The first kappa shape index (κ1) is 18.1. The van der Waals surface area contributed by atoms with Crippen molar-refractivity contribution in [3.05, 3.63) is 69.3 Å². The lowest BCUT2D eigenvalue weighted by atomic mass is 10.1. The average Bonchev–Trinajstić information content (AvgIpc) is 2.59. The molecule has 7 nitrogen and oxygen atoms in total. The van der Waals surface area contributed by atoms with E-state index in [1.807, 2.05) is 32.0 Å². The molecular formula is C18H20N4O3. The maximum absolute atomic E-state index is 11.9. The molecule has 0 aliphatic rings. The molecular weight excluding hydrogens is 320 g/mol. The summed E-state index contributed by atoms with van der Waals surface area (Å²) in [6.07, 6.45) is 0. The van der Waals surface area contributed by atoms with E-state index in [9.17, 15) is 14.9 Å². The lowest BCUT2D eigenvalue weighted by Crippen LogP contribution is -2.27. The minimum Gasteiger partial charge on any atom is -0.376 e. The summed E-state index contributed by atoms with van der Waals surface area (Å²) in [4.78, 5) is 22.2. The molecule has 0 radical (unpaired) electrons. The number of nitro groups is 1. The monoisotopic (exact) mass is 340 g/mol. The number of hydrogen-bond donors (Lipinski definition) is 2. The number of rotatable bonds is 6. The normalized spacial score (nSPS) is 11.1. The Morgan fingerprint density at radius 1 is 1.20 bits per heavy atom. The van der Waals surface area contributed by atoms with Crippen molar-refractivity contribution in [1.29, 1.82) is 0 Å². The molecule has 0 saturated carbocycles. The Balaban J connectivity index is 1.95. The Hall–Kier alpha value is -3.22. The largest absolute Gasteiger partial charge is 0.376 e. The van der Waals surface area contributed by atoms with Gasteiger partial charge in [0, 0.05) is 23.4 Å². The molecule has 0 fully saturated rings. The third-order valence-electron chi connectivity index (χ3n) is 3.64. The smallest absolute Gasteiger partial charge is 0.270 e. The van der Waals surface area contributed by atoms with Crippen molar-refractivity contribution in [3.8, 4) is 0 Å². The minimum atomic E-state index is -0.469. The van der Waals surface area contributed by atoms with Crippen LogP contribution in [0.5, 0.6) is 0 Å². The summed E-state index contributed by atoms with van der Waals surface area (Å²) < 4.78 is 0. The molecule has 0 bridgehead atoms. The van der Waals surface area contributed by atoms with Gasteiger partial charge in [0.15, 0.2) is 0 Å². The number of carbonyl (C=O) groups excluding carboxylic acids is 1. The second-order valence-corrected chi connectivity index (χ2v) is 5.71. The molecule has 2 rings (SSSR count). The molecule has 0 aromatic heterocycles. The lowest BCUT2D eigenvalue weighted by molar-refractivity contribution is -0.384. The highest BCUT2D eigenvalue weighted by atomic mass is 16.6. The van der Waals surface area contributed by atoms with E-state index in [-0.39, 0.29) is 18.1 Å². The number of nitrogens with zero attached hydrogens (tertiary/aromatic N) is 2. The Morgan fingerprint density at radius 3 is 2.64 bits per heavy atom. The molecule has 0 spiro atoms. The van der Waals surface area contributed by atoms with Gasteiger partial charge in [0.05, 0.1) is 17.2 Å². The highest BCUT2D eigenvalue weighted by Gasteiger charge is 2.08. The van der Waals surface area contributed by atoms with Crippen LogP contribution in [0.15, 0.2) is 47.6 Å². The number of anilines is 1. The fraction of sp³-hybridized carbons (Fsp3) is 0.222. The van der Waals surface area contributed by atoms with Gasteiger partial charge in [0.2, 0.25) is 0 Å². The van der Waals surface area contributed by atoms with Gasteiger partial charge in [-0.3, -0.25) is 14.9 Å². The summed E-state index contributed by atoms with van der Waals surface area (Å²) in [6.45, 7) is 5.74. The van der Waals surface area contributed by atoms with Gasteiger partial charge in [-0.15, -0.1) is 0 Å². The summed E-state index contributed by atoms with van der Waals surface area (Å²) >= 11 is 0. The zero-order chi connectivity index (χ0) is 18.4. The number of amides is 1. The van der Waals surface area contributed by atoms with Crippen molar-refractivity contribution in [2.75, 3.05) is 11.9 Å². The van der Waals surface area contributed by atoms with Gasteiger partial charge < -0.3 is 5.32 Å². The van der Waals surface area contributed by atoms with Crippen LogP contribution < -0.4 is 10.7 Å². The lowest BCUT2D eigenvalue weighted by Gasteiger charge is -2.09. The second-order valence-electron chi connectivity index (χ2n) is 5.71. The van der Waals surface area contributed by atoms with Crippen molar-refractivity contribution < 1.29 is 9.72 Å². The van der Waals surface area contributed by atoms with E-state index in [1.165, 1.54) is 12.1 Å². The SMILES string of the molecule is C/C(=N/NC(=O)CNc1ccc(C)cc1C)c1cccc([N+](=O)[O-])c1. The molecule has 0 atom stereocenters. The van der Waals surface area contributed by atoms with E-state index < -0.39 is 4.92 Å². The molecule has 0 saturated heterocycles. The summed E-state index contributed by atoms with van der Waals surface area (Å²) in [6, 6.07) is 12.0. The van der Waals surface area contributed by atoms with Crippen LogP contribution in [0.1, 0.15) is 23.6 Å². The van der Waals surface area contributed by atoms with Crippen LogP contribution in [0.4, 0.5) is 11.4 Å². The summed E-state index contributed by atoms with van der Waals surface area (Å²) in [5, 5.41) is 17.9. The molecule has 2 aromatic carbocycles. The molecule has 25 heavy (non-hydrogen) atoms. The summed E-state index contributed by atoms with van der Waals surface area (Å²) in [5.74, 6) is -0.301. The molecule has 130 valence electrons. The molecule has 0 heterocycles. The van der Waals surface area contributed by atoms with Crippen LogP contribution in [0, 0.1) is 24.0 Å².